The number of hydrogen-bond acceptors (Lipinski definition) is 1. The molecule has 1 aliphatic rings. The SMILES string of the molecule is OB1c2ccccc2-c2ccc(CBr)cc21. The molecule has 3 rings (SSSR count). The van der Waals surface area contributed by atoms with E-state index >= 15 is 0 Å². The molecule has 1 aliphatic heterocycles. The van der Waals surface area contributed by atoms with E-state index in [4.69, 9.17) is 0 Å². The van der Waals surface area contributed by atoms with Crippen molar-refractivity contribution in [3.8, 4) is 11.1 Å². The Morgan fingerprint density at radius 1 is 1.00 bits per heavy atom. The van der Waals surface area contributed by atoms with Gasteiger partial charge in [0.05, 0.1) is 0 Å². The van der Waals surface area contributed by atoms with Gasteiger partial charge in [-0.05, 0) is 27.6 Å². The largest absolute Gasteiger partial charge is 0.443 e. The van der Waals surface area contributed by atoms with Gasteiger partial charge < -0.3 is 5.02 Å². The third-order valence-electron chi connectivity index (χ3n) is 3.11. The van der Waals surface area contributed by atoms with Crippen molar-refractivity contribution in [3.05, 3.63) is 48.0 Å². The fourth-order valence-corrected chi connectivity index (χ4v) is 2.66. The normalized spacial score (nSPS) is 12.5. The van der Waals surface area contributed by atoms with Crippen molar-refractivity contribution in [2.75, 3.05) is 0 Å². The Bertz CT molecular complexity index is 553. The predicted octanol–water partition coefficient (Wildman–Crippen LogP) is 1.66. The highest BCUT2D eigenvalue weighted by atomic mass is 79.9. The molecule has 0 unspecified atom stereocenters. The average Bonchev–Trinajstić information content (AvgIpc) is 2.64. The summed E-state index contributed by atoms with van der Waals surface area (Å²) in [5, 5.41) is 11.1. The van der Waals surface area contributed by atoms with E-state index in [1.54, 1.807) is 0 Å². The lowest BCUT2D eigenvalue weighted by Crippen LogP contribution is -2.37. The molecule has 2 aromatic rings. The van der Waals surface area contributed by atoms with Crippen LogP contribution in [0.1, 0.15) is 5.56 Å². The van der Waals surface area contributed by atoms with Crippen LogP contribution in [-0.4, -0.2) is 11.9 Å². The first-order valence-electron chi connectivity index (χ1n) is 5.27. The van der Waals surface area contributed by atoms with E-state index in [2.05, 4.69) is 40.2 Å². The number of alkyl halides is 1. The van der Waals surface area contributed by atoms with E-state index in [1.165, 1.54) is 5.56 Å². The van der Waals surface area contributed by atoms with Crippen molar-refractivity contribution >= 4 is 33.8 Å². The van der Waals surface area contributed by atoms with E-state index in [-0.39, 0.29) is 0 Å². The number of rotatable bonds is 1. The first-order valence-corrected chi connectivity index (χ1v) is 6.39. The molecule has 1 heterocycles. The van der Waals surface area contributed by atoms with Gasteiger partial charge in [0.15, 0.2) is 0 Å². The minimum Gasteiger partial charge on any atom is -0.443 e. The number of fused-ring (bicyclic) bond motifs is 3. The molecular weight excluding hydrogens is 263 g/mol. The molecule has 78 valence electrons. The second-order valence-electron chi connectivity index (χ2n) is 4.05. The quantitative estimate of drug-likeness (QED) is 0.619. The van der Waals surface area contributed by atoms with Gasteiger partial charge in [0.25, 0.3) is 0 Å². The Labute approximate surface area is 103 Å². The van der Waals surface area contributed by atoms with E-state index in [1.807, 2.05) is 18.2 Å². The topological polar surface area (TPSA) is 20.2 Å². The van der Waals surface area contributed by atoms with Crippen LogP contribution in [0.2, 0.25) is 0 Å². The molecule has 1 nitrogen and oxygen atoms in total. The Hall–Kier alpha value is -1.06. The molecule has 3 heteroatoms. The molecular formula is C13H10BBrO. The summed E-state index contributed by atoms with van der Waals surface area (Å²) in [6.45, 7) is -0.467. The lowest BCUT2D eigenvalue weighted by atomic mass is 9.59. The monoisotopic (exact) mass is 272 g/mol. The molecule has 0 atom stereocenters. The van der Waals surface area contributed by atoms with Crippen molar-refractivity contribution in [1.82, 2.24) is 0 Å². The molecule has 0 radical (unpaired) electrons. The molecule has 0 saturated heterocycles. The average molecular weight is 273 g/mol. The van der Waals surface area contributed by atoms with Crippen molar-refractivity contribution in [2.45, 2.75) is 5.33 Å². The van der Waals surface area contributed by atoms with Crippen molar-refractivity contribution in [3.63, 3.8) is 0 Å². The van der Waals surface area contributed by atoms with Gasteiger partial charge >= 0.3 is 6.92 Å². The summed E-state index contributed by atoms with van der Waals surface area (Å²) < 4.78 is 0. The van der Waals surface area contributed by atoms with E-state index < -0.39 is 6.92 Å². The maximum absolute atomic E-state index is 10.2. The van der Waals surface area contributed by atoms with E-state index in [9.17, 15) is 5.02 Å². The first kappa shape index (κ1) is 10.1. The zero-order chi connectivity index (χ0) is 11.1. The second-order valence-corrected chi connectivity index (χ2v) is 4.61. The van der Waals surface area contributed by atoms with Gasteiger partial charge in [0.2, 0.25) is 0 Å². The smallest absolute Gasteiger partial charge is 0.360 e. The molecule has 0 aliphatic carbocycles. The van der Waals surface area contributed by atoms with Crippen LogP contribution >= 0.6 is 15.9 Å². The summed E-state index contributed by atoms with van der Waals surface area (Å²) in [5.41, 5.74) is 5.56. The molecule has 2 aromatic carbocycles. The van der Waals surface area contributed by atoms with Crippen molar-refractivity contribution in [2.24, 2.45) is 0 Å². The molecule has 0 spiro atoms. The van der Waals surface area contributed by atoms with Crippen LogP contribution in [0.15, 0.2) is 42.5 Å². The minimum atomic E-state index is -0.467. The Morgan fingerprint density at radius 3 is 2.56 bits per heavy atom. The van der Waals surface area contributed by atoms with Crippen LogP contribution in [0.25, 0.3) is 11.1 Å². The number of halogens is 1. The highest BCUT2D eigenvalue weighted by Gasteiger charge is 2.30. The second kappa shape index (κ2) is 3.76. The van der Waals surface area contributed by atoms with Gasteiger partial charge in [-0.2, -0.15) is 0 Å². The van der Waals surface area contributed by atoms with Crippen molar-refractivity contribution < 1.29 is 5.02 Å². The Balaban J connectivity index is 2.24. The van der Waals surface area contributed by atoms with Crippen LogP contribution in [0.5, 0.6) is 0 Å². The number of hydrogen-bond donors (Lipinski definition) is 1. The summed E-state index contributed by atoms with van der Waals surface area (Å²) in [5.74, 6) is 0. The van der Waals surface area contributed by atoms with Crippen LogP contribution in [0.4, 0.5) is 0 Å². The predicted molar refractivity (Wildman–Crippen MR) is 71.7 cm³/mol. The summed E-state index contributed by atoms with van der Waals surface area (Å²) in [7, 11) is 0. The zero-order valence-electron chi connectivity index (χ0n) is 8.65. The van der Waals surface area contributed by atoms with Gasteiger partial charge in [-0.3, -0.25) is 0 Å². The number of benzene rings is 2. The maximum Gasteiger partial charge on any atom is 0.360 e. The third kappa shape index (κ3) is 1.35. The lowest BCUT2D eigenvalue weighted by Gasteiger charge is -2.03. The van der Waals surface area contributed by atoms with Crippen LogP contribution < -0.4 is 10.9 Å². The minimum absolute atomic E-state index is 0.467. The molecule has 0 aromatic heterocycles. The first-order chi connectivity index (χ1) is 7.81. The third-order valence-corrected chi connectivity index (χ3v) is 3.76. The van der Waals surface area contributed by atoms with Gasteiger partial charge in [0, 0.05) is 5.33 Å². The van der Waals surface area contributed by atoms with Crippen LogP contribution in [0.3, 0.4) is 0 Å². The lowest BCUT2D eigenvalue weighted by molar-refractivity contribution is 0.601. The Kier molecular flexibility index (Phi) is 2.38. The molecule has 0 bridgehead atoms. The van der Waals surface area contributed by atoms with Gasteiger partial charge in [-0.25, -0.2) is 0 Å². The van der Waals surface area contributed by atoms with Crippen molar-refractivity contribution in [1.29, 1.82) is 0 Å². The maximum atomic E-state index is 10.2. The van der Waals surface area contributed by atoms with Crippen LogP contribution in [-0.2, 0) is 5.33 Å². The van der Waals surface area contributed by atoms with Gasteiger partial charge in [-0.1, -0.05) is 58.4 Å². The Morgan fingerprint density at radius 2 is 1.75 bits per heavy atom. The van der Waals surface area contributed by atoms with Gasteiger partial charge in [0.1, 0.15) is 0 Å². The van der Waals surface area contributed by atoms with E-state index in [0.717, 1.165) is 27.4 Å². The summed E-state index contributed by atoms with van der Waals surface area (Å²) >= 11 is 3.44. The summed E-state index contributed by atoms with van der Waals surface area (Å²) in [6, 6.07) is 14.3. The van der Waals surface area contributed by atoms with Crippen LogP contribution in [0, 0.1) is 0 Å². The van der Waals surface area contributed by atoms with E-state index in [0.29, 0.717) is 0 Å². The molecule has 0 amide bonds. The molecule has 0 fully saturated rings. The standard InChI is InChI=1S/C13H10BBrO/c15-8-9-5-6-11-10-3-1-2-4-12(10)14(16)13(11)7-9/h1-7,16H,8H2. The molecule has 0 saturated carbocycles. The highest BCUT2D eigenvalue weighted by molar-refractivity contribution is 9.08. The van der Waals surface area contributed by atoms with Gasteiger partial charge in [-0.15, -0.1) is 0 Å². The fourth-order valence-electron chi connectivity index (χ4n) is 2.32. The molecule has 1 N–H and O–H groups in total. The summed E-state index contributed by atoms with van der Waals surface area (Å²) in [4.78, 5) is 0. The molecule has 16 heavy (non-hydrogen) atoms. The highest BCUT2D eigenvalue weighted by Crippen LogP contribution is 2.23. The fraction of sp³-hybridized carbons (Fsp3) is 0.0769. The zero-order valence-corrected chi connectivity index (χ0v) is 10.2. The summed E-state index contributed by atoms with van der Waals surface area (Å²) in [6.07, 6.45) is 0.